The second kappa shape index (κ2) is 6.04. The molecule has 0 bridgehead atoms. The zero-order valence-corrected chi connectivity index (χ0v) is 10.2. The molecule has 0 saturated carbocycles. The van der Waals surface area contributed by atoms with Gasteiger partial charge in [-0.3, -0.25) is 9.69 Å². The summed E-state index contributed by atoms with van der Waals surface area (Å²) < 4.78 is 0. The molecule has 2 heterocycles. The zero-order valence-electron chi connectivity index (χ0n) is 10.2. The molecular formula is C13H20N2O2. The van der Waals surface area contributed by atoms with E-state index in [1.165, 1.54) is 19.3 Å². The van der Waals surface area contributed by atoms with Gasteiger partial charge in [0.15, 0.2) is 0 Å². The molecule has 0 aromatic carbocycles. The fourth-order valence-corrected chi connectivity index (χ4v) is 2.34. The molecule has 2 rings (SSSR count). The Labute approximate surface area is 103 Å². The molecule has 2 fully saturated rings. The minimum absolute atomic E-state index is 0.0183. The van der Waals surface area contributed by atoms with Crippen LogP contribution in [0.25, 0.3) is 0 Å². The highest BCUT2D eigenvalue weighted by atomic mass is 16.3. The lowest BCUT2D eigenvalue weighted by atomic mass is 10.1. The van der Waals surface area contributed by atoms with E-state index in [4.69, 9.17) is 0 Å². The van der Waals surface area contributed by atoms with Gasteiger partial charge in [-0.15, -0.1) is 0 Å². The number of likely N-dealkylation sites (tertiary alicyclic amines) is 2. The van der Waals surface area contributed by atoms with E-state index < -0.39 is 6.10 Å². The van der Waals surface area contributed by atoms with Crippen molar-refractivity contribution in [2.24, 2.45) is 0 Å². The Bertz CT molecular complexity index is 326. The minimum Gasteiger partial charge on any atom is -0.391 e. The Morgan fingerprint density at radius 3 is 2.53 bits per heavy atom. The Morgan fingerprint density at radius 1 is 1.18 bits per heavy atom. The first kappa shape index (κ1) is 12.4. The third kappa shape index (κ3) is 3.72. The van der Waals surface area contributed by atoms with Crippen molar-refractivity contribution in [3.8, 4) is 11.8 Å². The van der Waals surface area contributed by atoms with E-state index in [-0.39, 0.29) is 12.3 Å². The maximum absolute atomic E-state index is 11.4. The van der Waals surface area contributed by atoms with E-state index in [0.717, 1.165) is 19.6 Å². The normalized spacial score (nSPS) is 25.8. The van der Waals surface area contributed by atoms with E-state index in [2.05, 4.69) is 16.7 Å². The maximum Gasteiger partial charge on any atom is 0.226 e. The van der Waals surface area contributed by atoms with Crippen LogP contribution in [-0.4, -0.2) is 59.6 Å². The van der Waals surface area contributed by atoms with Crippen molar-refractivity contribution in [3.05, 3.63) is 0 Å². The summed E-state index contributed by atoms with van der Waals surface area (Å²) in [4.78, 5) is 15.4. The van der Waals surface area contributed by atoms with Gasteiger partial charge in [0.2, 0.25) is 5.91 Å². The first-order valence-electron chi connectivity index (χ1n) is 6.39. The van der Waals surface area contributed by atoms with Crippen LogP contribution < -0.4 is 0 Å². The van der Waals surface area contributed by atoms with E-state index in [1.807, 2.05) is 0 Å². The lowest BCUT2D eigenvalue weighted by Crippen LogP contribution is -2.30. The Balaban J connectivity index is 1.69. The van der Waals surface area contributed by atoms with Crippen LogP contribution >= 0.6 is 0 Å². The second-order valence-electron chi connectivity index (χ2n) is 4.82. The summed E-state index contributed by atoms with van der Waals surface area (Å²) in [5.74, 6) is 6.16. The number of aliphatic hydroxyl groups excluding tert-OH is 1. The standard InChI is InChI=1S/C13H20N2O2/c16-12-10-13(17)15(11-12)9-5-4-8-14-6-2-1-3-7-14/h12,16H,1-3,6-11H2. The van der Waals surface area contributed by atoms with Gasteiger partial charge in [0, 0.05) is 6.54 Å². The molecule has 94 valence electrons. The summed E-state index contributed by atoms with van der Waals surface area (Å²) in [7, 11) is 0. The van der Waals surface area contributed by atoms with Crippen LogP contribution in [0.3, 0.4) is 0 Å². The fraction of sp³-hybridized carbons (Fsp3) is 0.769. The monoisotopic (exact) mass is 236 g/mol. The van der Waals surface area contributed by atoms with E-state index in [9.17, 15) is 9.90 Å². The first-order chi connectivity index (χ1) is 8.25. The molecule has 4 nitrogen and oxygen atoms in total. The molecule has 17 heavy (non-hydrogen) atoms. The van der Waals surface area contributed by atoms with Crippen LogP contribution in [0.5, 0.6) is 0 Å². The molecule has 0 spiro atoms. The Kier molecular flexibility index (Phi) is 4.41. The van der Waals surface area contributed by atoms with Crippen LogP contribution in [0.4, 0.5) is 0 Å². The van der Waals surface area contributed by atoms with E-state index in [1.54, 1.807) is 4.90 Å². The maximum atomic E-state index is 11.4. The number of β-amino-alcohol motifs (C(OH)–C–C–N with tert-alkyl or cyclic N) is 1. The summed E-state index contributed by atoms with van der Waals surface area (Å²) in [6.45, 7) is 4.01. The molecule has 1 N–H and O–H groups in total. The predicted octanol–water partition coefficient (Wildman–Crippen LogP) is 0.0689. The van der Waals surface area contributed by atoms with E-state index >= 15 is 0 Å². The van der Waals surface area contributed by atoms with Gasteiger partial charge < -0.3 is 10.0 Å². The number of rotatable bonds is 2. The quantitative estimate of drug-likeness (QED) is 0.690. The third-order valence-electron chi connectivity index (χ3n) is 3.34. The lowest BCUT2D eigenvalue weighted by molar-refractivity contribution is -0.127. The van der Waals surface area contributed by atoms with Crippen LogP contribution in [0.2, 0.25) is 0 Å². The molecule has 4 heteroatoms. The summed E-state index contributed by atoms with van der Waals surface area (Å²) in [5, 5.41) is 9.31. The highest BCUT2D eigenvalue weighted by molar-refractivity contribution is 5.79. The topological polar surface area (TPSA) is 43.8 Å². The second-order valence-corrected chi connectivity index (χ2v) is 4.82. The van der Waals surface area contributed by atoms with Gasteiger partial charge in [-0.2, -0.15) is 0 Å². The first-order valence-corrected chi connectivity index (χ1v) is 6.39. The van der Waals surface area contributed by atoms with Gasteiger partial charge in [-0.05, 0) is 25.9 Å². The van der Waals surface area contributed by atoms with Crippen molar-refractivity contribution in [2.45, 2.75) is 31.8 Å². The summed E-state index contributed by atoms with van der Waals surface area (Å²) in [6.07, 6.45) is 3.65. The third-order valence-corrected chi connectivity index (χ3v) is 3.34. The van der Waals surface area contributed by atoms with E-state index in [0.29, 0.717) is 13.1 Å². The summed E-state index contributed by atoms with van der Waals surface area (Å²) >= 11 is 0. The molecule has 1 unspecified atom stereocenters. The van der Waals surface area contributed by atoms with Crippen molar-refractivity contribution in [3.63, 3.8) is 0 Å². The van der Waals surface area contributed by atoms with Crippen LogP contribution in [-0.2, 0) is 4.79 Å². The average molecular weight is 236 g/mol. The van der Waals surface area contributed by atoms with Gasteiger partial charge in [0.1, 0.15) is 0 Å². The van der Waals surface area contributed by atoms with Gasteiger partial charge in [-0.25, -0.2) is 0 Å². The van der Waals surface area contributed by atoms with Gasteiger partial charge in [0.05, 0.1) is 25.6 Å². The van der Waals surface area contributed by atoms with Gasteiger partial charge in [0.25, 0.3) is 0 Å². The van der Waals surface area contributed by atoms with Crippen LogP contribution in [0.1, 0.15) is 25.7 Å². The summed E-state index contributed by atoms with van der Waals surface area (Å²) in [6, 6.07) is 0. The van der Waals surface area contributed by atoms with Crippen molar-refractivity contribution >= 4 is 5.91 Å². The number of nitrogens with zero attached hydrogens (tertiary/aromatic N) is 2. The number of carbonyl (C=O) groups is 1. The average Bonchev–Trinajstić information content (AvgIpc) is 2.65. The zero-order chi connectivity index (χ0) is 12.1. The van der Waals surface area contributed by atoms with Crippen LogP contribution in [0, 0.1) is 11.8 Å². The van der Waals surface area contributed by atoms with Crippen LogP contribution in [0.15, 0.2) is 0 Å². The number of piperidine rings is 1. The number of hydrogen-bond acceptors (Lipinski definition) is 3. The fourth-order valence-electron chi connectivity index (χ4n) is 2.34. The predicted molar refractivity (Wildman–Crippen MR) is 65.3 cm³/mol. The van der Waals surface area contributed by atoms with Gasteiger partial charge >= 0.3 is 0 Å². The Morgan fingerprint density at radius 2 is 1.88 bits per heavy atom. The minimum atomic E-state index is -0.494. The molecule has 0 aromatic heterocycles. The molecule has 0 aromatic rings. The molecule has 0 aliphatic carbocycles. The molecule has 1 atom stereocenters. The summed E-state index contributed by atoms with van der Waals surface area (Å²) in [5.41, 5.74) is 0. The van der Waals surface area contributed by atoms with Crippen molar-refractivity contribution < 1.29 is 9.90 Å². The largest absolute Gasteiger partial charge is 0.391 e. The number of carbonyl (C=O) groups excluding carboxylic acids is 1. The van der Waals surface area contributed by atoms with Crippen molar-refractivity contribution in [1.29, 1.82) is 0 Å². The highest BCUT2D eigenvalue weighted by Crippen LogP contribution is 2.09. The molecule has 2 saturated heterocycles. The number of amides is 1. The van der Waals surface area contributed by atoms with Crippen molar-refractivity contribution in [2.75, 3.05) is 32.7 Å². The molecule has 0 radical (unpaired) electrons. The molecule has 2 aliphatic rings. The smallest absolute Gasteiger partial charge is 0.226 e. The van der Waals surface area contributed by atoms with Gasteiger partial charge in [-0.1, -0.05) is 18.3 Å². The Hall–Kier alpha value is -1.05. The highest BCUT2D eigenvalue weighted by Gasteiger charge is 2.26. The number of hydrogen-bond donors (Lipinski definition) is 1. The lowest BCUT2D eigenvalue weighted by Gasteiger charge is -2.23. The van der Waals surface area contributed by atoms with Crippen molar-refractivity contribution in [1.82, 2.24) is 9.80 Å². The molecular weight excluding hydrogens is 216 g/mol. The SMILES string of the molecule is O=C1CC(O)CN1CC#CCN1CCCCC1. The molecule has 2 aliphatic heterocycles. The number of aliphatic hydroxyl groups is 1. The molecule has 1 amide bonds.